The zero-order chi connectivity index (χ0) is 22.5. The van der Waals surface area contributed by atoms with Crippen molar-refractivity contribution < 1.29 is 18.7 Å². The van der Waals surface area contributed by atoms with Crippen LogP contribution in [-0.2, 0) is 0 Å². The van der Waals surface area contributed by atoms with Crippen LogP contribution < -0.4 is 14.8 Å². The summed E-state index contributed by atoms with van der Waals surface area (Å²) in [4.78, 5) is 12.8. The van der Waals surface area contributed by atoms with Crippen LogP contribution >= 0.6 is 11.6 Å². The maximum atomic E-state index is 14.2. The third kappa shape index (κ3) is 5.29. The van der Waals surface area contributed by atoms with Crippen LogP contribution in [0.3, 0.4) is 0 Å². The minimum absolute atomic E-state index is 0.116. The monoisotopic (exact) mass is 447 g/mol. The van der Waals surface area contributed by atoms with Gasteiger partial charge in [-0.25, -0.2) is 4.39 Å². The number of hydrogen-bond donors (Lipinski definition) is 1. The van der Waals surface area contributed by atoms with Gasteiger partial charge in [0.25, 0.3) is 5.91 Å². The number of nitrogens with zero attached hydrogens (tertiary/aromatic N) is 4. The van der Waals surface area contributed by atoms with Crippen LogP contribution in [0, 0.1) is 18.7 Å². The molecule has 1 amide bonds. The summed E-state index contributed by atoms with van der Waals surface area (Å²) in [6, 6.07) is 7.16. The number of carbonyl (C=O) groups is 1. The first-order valence-corrected chi connectivity index (χ1v) is 10.0. The molecular formula is C21H23ClFN5O3. The van der Waals surface area contributed by atoms with Crippen LogP contribution in [0.2, 0.25) is 5.02 Å². The summed E-state index contributed by atoms with van der Waals surface area (Å²) in [6.45, 7) is 6.31. The number of halogens is 2. The smallest absolute Gasteiger partial charge is 0.255 e. The third-order valence-corrected chi connectivity index (χ3v) is 4.77. The second-order valence-corrected chi connectivity index (χ2v) is 7.69. The van der Waals surface area contributed by atoms with E-state index in [9.17, 15) is 9.18 Å². The first-order valence-electron chi connectivity index (χ1n) is 9.66. The van der Waals surface area contributed by atoms with Crippen molar-refractivity contribution in [3.05, 3.63) is 52.6 Å². The van der Waals surface area contributed by atoms with E-state index in [0.29, 0.717) is 35.5 Å². The summed E-state index contributed by atoms with van der Waals surface area (Å²) in [6.07, 6.45) is 0.857. The van der Waals surface area contributed by atoms with Gasteiger partial charge in [0.15, 0.2) is 17.3 Å². The van der Waals surface area contributed by atoms with E-state index in [1.807, 2.05) is 0 Å². The molecule has 0 atom stereocenters. The van der Waals surface area contributed by atoms with E-state index in [1.54, 1.807) is 13.0 Å². The Morgan fingerprint density at radius 2 is 2.06 bits per heavy atom. The van der Waals surface area contributed by atoms with Gasteiger partial charge >= 0.3 is 0 Å². The number of carbonyl (C=O) groups excluding carboxylic acids is 1. The fourth-order valence-corrected chi connectivity index (χ4v) is 3.06. The van der Waals surface area contributed by atoms with Gasteiger partial charge in [-0.15, -0.1) is 5.10 Å². The number of ether oxygens (including phenoxy) is 2. The van der Waals surface area contributed by atoms with Crippen molar-refractivity contribution in [3.63, 3.8) is 0 Å². The number of aromatic nitrogens is 4. The summed E-state index contributed by atoms with van der Waals surface area (Å²) in [7, 11) is 1.48. The van der Waals surface area contributed by atoms with Crippen molar-refractivity contribution in [1.29, 1.82) is 0 Å². The fourth-order valence-electron chi connectivity index (χ4n) is 2.80. The zero-order valence-corrected chi connectivity index (χ0v) is 18.4. The van der Waals surface area contributed by atoms with Gasteiger partial charge in [-0.1, -0.05) is 25.4 Å². The molecule has 0 radical (unpaired) electrons. The Hall–Kier alpha value is -3.20. The molecule has 164 valence electrons. The first kappa shape index (κ1) is 22.5. The molecule has 1 heterocycles. The summed E-state index contributed by atoms with van der Waals surface area (Å²) in [5, 5.41) is 14.0. The van der Waals surface area contributed by atoms with Crippen molar-refractivity contribution in [1.82, 2.24) is 20.2 Å². The largest absolute Gasteiger partial charge is 0.493 e. The Morgan fingerprint density at radius 3 is 2.71 bits per heavy atom. The van der Waals surface area contributed by atoms with Crippen LogP contribution in [0.5, 0.6) is 11.5 Å². The highest BCUT2D eigenvalue weighted by Gasteiger charge is 2.17. The minimum atomic E-state index is -0.527. The SMILES string of the molecule is COc1cc(C(=O)Nc2ccc(F)c(-n3nnnc3C)c2)cc(Cl)c1OCCC(C)C. The quantitative estimate of drug-likeness (QED) is 0.548. The molecule has 0 aliphatic rings. The van der Waals surface area contributed by atoms with Crippen LogP contribution in [0.1, 0.15) is 36.5 Å². The molecule has 1 N–H and O–H groups in total. The number of tetrazole rings is 1. The Labute approximate surface area is 184 Å². The molecule has 0 saturated heterocycles. The predicted octanol–water partition coefficient (Wildman–Crippen LogP) is 4.45. The van der Waals surface area contributed by atoms with Crippen LogP contribution in [0.15, 0.2) is 30.3 Å². The van der Waals surface area contributed by atoms with E-state index >= 15 is 0 Å². The average Bonchev–Trinajstić information content (AvgIpc) is 3.15. The molecule has 3 rings (SSSR count). The van der Waals surface area contributed by atoms with E-state index in [0.717, 1.165) is 6.42 Å². The molecule has 0 spiro atoms. The van der Waals surface area contributed by atoms with E-state index in [4.69, 9.17) is 21.1 Å². The maximum Gasteiger partial charge on any atom is 0.255 e. The fraction of sp³-hybridized carbons (Fsp3) is 0.333. The number of rotatable bonds is 8. The topological polar surface area (TPSA) is 91.2 Å². The van der Waals surface area contributed by atoms with Gasteiger partial charge in [0.05, 0.1) is 18.7 Å². The number of aryl methyl sites for hydroxylation is 1. The lowest BCUT2D eigenvalue weighted by molar-refractivity contribution is 0.102. The van der Waals surface area contributed by atoms with Crippen molar-refractivity contribution in [2.75, 3.05) is 19.0 Å². The summed E-state index contributed by atoms with van der Waals surface area (Å²) in [5.74, 6) is 0.658. The number of amides is 1. The molecule has 8 nitrogen and oxygen atoms in total. The van der Waals surface area contributed by atoms with Crippen LogP contribution in [0.4, 0.5) is 10.1 Å². The first-order chi connectivity index (χ1) is 14.8. The predicted molar refractivity (Wildman–Crippen MR) is 115 cm³/mol. The van der Waals surface area contributed by atoms with Crippen molar-refractivity contribution in [2.24, 2.45) is 5.92 Å². The maximum absolute atomic E-state index is 14.2. The number of nitrogens with one attached hydrogen (secondary N) is 1. The van der Waals surface area contributed by atoms with Gasteiger partial charge < -0.3 is 14.8 Å². The highest BCUT2D eigenvalue weighted by atomic mass is 35.5. The van der Waals surface area contributed by atoms with Crippen LogP contribution in [0.25, 0.3) is 5.69 Å². The Morgan fingerprint density at radius 1 is 1.29 bits per heavy atom. The van der Waals surface area contributed by atoms with Crippen molar-refractivity contribution in [3.8, 4) is 17.2 Å². The van der Waals surface area contributed by atoms with Gasteiger partial charge in [0.1, 0.15) is 11.5 Å². The highest BCUT2D eigenvalue weighted by molar-refractivity contribution is 6.32. The van der Waals surface area contributed by atoms with Crippen LogP contribution in [-0.4, -0.2) is 39.8 Å². The number of hydrogen-bond acceptors (Lipinski definition) is 6. The second kappa shape index (κ2) is 9.74. The number of anilines is 1. The zero-order valence-electron chi connectivity index (χ0n) is 17.6. The number of benzene rings is 2. The molecule has 0 saturated carbocycles. The van der Waals surface area contributed by atoms with Gasteiger partial charge in [-0.2, -0.15) is 4.68 Å². The molecule has 0 aliphatic heterocycles. The molecule has 3 aromatic rings. The lowest BCUT2D eigenvalue weighted by Gasteiger charge is -2.15. The summed E-state index contributed by atoms with van der Waals surface area (Å²) < 4.78 is 26.6. The lowest BCUT2D eigenvalue weighted by atomic mass is 10.1. The van der Waals surface area contributed by atoms with Crippen molar-refractivity contribution in [2.45, 2.75) is 27.2 Å². The summed E-state index contributed by atoms with van der Waals surface area (Å²) >= 11 is 6.35. The molecular weight excluding hydrogens is 425 g/mol. The Balaban J connectivity index is 1.82. The number of methoxy groups -OCH3 is 1. The normalized spacial score (nSPS) is 10.9. The van der Waals surface area contributed by atoms with E-state index in [2.05, 4.69) is 34.7 Å². The van der Waals surface area contributed by atoms with Crippen molar-refractivity contribution >= 4 is 23.2 Å². The molecule has 0 unspecified atom stereocenters. The van der Waals surface area contributed by atoms with E-state index in [-0.39, 0.29) is 16.3 Å². The third-order valence-electron chi connectivity index (χ3n) is 4.49. The van der Waals surface area contributed by atoms with Gasteiger partial charge in [-0.05, 0) is 60.0 Å². The highest BCUT2D eigenvalue weighted by Crippen LogP contribution is 2.37. The molecule has 10 heteroatoms. The average molecular weight is 448 g/mol. The van der Waals surface area contributed by atoms with Gasteiger partial charge in [-0.3, -0.25) is 4.79 Å². The van der Waals surface area contributed by atoms with E-state index < -0.39 is 11.7 Å². The Bertz CT molecular complexity index is 1090. The summed E-state index contributed by atoms with van der Waals surface area (Å²) in [5.41, 5.74) is 0.746. The Kier molecular flexibility index (Phi) is 7.06. The molecule has 0 fully saturated rings. The standard InChI is InChI=1S/C21H23ClFN5O3/c1-12(2)7-8-31-20-16(22)9-14(10-19(20)30-4)21(29)24-15-5-6-17(23)18(11-15)28-13(3)25-26-27-28/h5-6,9-12H,7-8H2,1-4H3,(H,24,29). The molecule has 0 aliphatic carbocycles. The van der Waals surface area contributed by atoms with Gasteiger partial charge in [0.2, 0.25) is 0 Å². The molecule has 0 bridgehead atoms. The lowest BCUT2D eigenvalue weighted by Crippen LogP contribution is -2.13. The molecule has 1 aromatic heterocycles. The molecule has 31 heavy (non-hydrogen) atoms. The van der Waals surface area contributed by atoms with E-state index in [1.165, 1.54) is 36.1 Å². The minimum Gasteiger partial charge on any atom is -0.493 e. The van der Waals surface area contributed by atoms with Gasteiger partial charge in [0, 0.05) is 11.3 Å². The second-order valence-electron chi connectivity index (χ2n) is 7.28. The molecule has 2 aromatic carbocycles.